The van der Waals surface area contributed by atoms with E-state index in [2.05, 4.69) is 4.98 Å². The van der Waals surface area contributed by atoms with Crippen LogP contribution < -0.4 is 4.74 Å². The Hall–Kier alpha value is -1.34. The van der Waals surface area contributed by atoms with Crippen molar-refractivity contribution in [1.29, 1.82) is 0 Å². The Kier molecular flexibility index (Phi) is 3.33. The van der Waals surface area contributed by atoms with Gasteiger partial charge in [0.2, 0.25) is 0 Å². The average molecular weight is 312 g/mol. The fraction of sp³-hybridized carbons (Fsp3) is 0.462. The lowest BCUT2D eigenvalue weighted by Crippen LogP contribution is -2.27. The zero-order chi connectivity index (χ0) is 14.3. The number of nitrogens with zero attached hydrogens (tertiary/aromatic N) is 1. The first kappa shape index (κ1) is 13.6. The molecule has 1 atom stereocenters. The molecule has 1 N–H and O–H groups in total. The molecule has 1 fully saturated rings. The molecule has 1 saturated heterocycles. The molecule has 7 heteroatoms. The minimum atomic E-state index is -2.96. The van der Waals surface area contributed by atoms with Gasteiger partial charge in [-0.25, -0.2) is 8.42 Å². The molecule has 2 aromatic rings. The van der Waals surface area contributed by atoms with Gasteiger partial charge in [-0.15, -0.1) is 0 Å². The number of hydrogen-bond donors (Lipinski definition) is 1. The van der Waals surface area contributed by atoms with Crippen molar-refractivity contribution in [1.82, 2.24) is 9.55 Å². The third kappa shape index (κ3) is 2.35. The van der Waals surface area contributed by atoms with Crippen LogP contribution in [0.25, 0.3) is 11.0 Å². The second-order valence-electron chi connectivity index (χ2n) is 5.09. The van der Waals surface area contributed by atoms with Crippen LogP contribution in [0.1, 0.15) is 18.9 Å². The predicted octanol–water partition coefficient (Wildman–Crippen LogP) is 2.46. The number of hydrogen-bond acceptors (Lipinski definition) is 4. The second kappa shape index (κ2) is 4.89. The Morgan fingerprint density at radius 2 is 2.25 bits per heavy atom. The molecule has 0 saturated carbocycles. The van der Waals surface area contributed by atoms with E-state index < -0.39 is 9.84 Å². The molecule has 2 heterocycles. The molecule has 1 unspecified atom stereocenters. The lowest BCUT2D eigenvalue weighted by molar-refractivity contribution is 0.415. The van der Waals surface area contributed by atoms with Crippen molar-refractivity contribution < 1.29 is 13.2 Å². The van der Waals surface area contributed by atoms with Crippen LogP contribution in [-0.4, -0.2) is 36.6 Å². The van der Waals surface area contributed by atoms with E-state index in [0.29, 0.717) is 11.2 Å². The Morgan fingerprint density at radius 1 is 1.45 bits per heavy atom. The van der Waals surface area contributed by atoms with Crippen LogP contribution in [0.3, 0.4) is 0 Å². The zero-order valence-corrected chi connectivity index (χ0v) is 12.8. The van der Waals surface area contributed by atoms with Gasteiger partial charge >= 0.3 is 0 Å². The molecule has 1 aliphatic rings. The van der Waals surface area contributed by atoms with E-state index in [-0.39, 0.29) is 17.5 Å². The number of methoxy groups -OCH3 is 1. The SMILES string of the molecule is COc1ccc2c(c1)[nH]c(=S)n2C1CCCS(=O)(=O)C1. The summed E-state index contributed by atoms with van der Waals surface area (Å²) in [6.45, 7) is 0. The summed E-state index contributed by atoms with van der Waals surface area (Å²) in [6, 6.07) is 5.57. The van der Waals surface area contributed by atoms with E-state index >= 15 is 0 Å². The summed E-state index contributed by atoms with van der Waals surface area (Å²) >= 11 is 5.36. The van der Waals surface area contributed by atoms with Crippen LogP contribution in [0, 0.1) is 4.77 Å². The van der Waals surface area contributed by atoms with Crippen LogP contribution >= 0.6 is 12.2 Å². The topological polar surface area (TPSA) is 64.1 Å². The molecule has 0 spiro atoms. The molecule has 5 nitrogen and oxygen atoms in total. The first-order valence-electron chi connectivity index (χ1n) is 6.49. The average Bonchev–Trinajstić information content (AvgIpc) is 2.72. The number of fused-ring (bicyclic) bond motifs is 1. The smallest absolute Gasteiger partial charge is 0.178 e. The van der Waals surface area contributed by atoms with Gasteiger partial charge in [-0.05, 0) is 37.2 Å². The van der Waals surface area contributed by atoms with Gasteiger partial charge in [-0.3, -0.25) is 0 Å². The minimum absolute atomic E-state index is 0.0802. The zero-order valence-electron chi connectivity index (χ0n) is 11.1. The minimum Gasteiger partial charge on any atom is -0.497 e. The molecular weight excluding hydrogens is 296 g/mol. The maximum atomic E-state index is 11.8. The molecule has 0 aliphatic carbocycles. The summed E-state index contributed by atoms with van der Waals surface area (Å²) in [5.74, 6) is 1.20. The summed E-state index contributed by atoms with van der Waals surface area (Å²) in [5.41, 5.74) is 1.80. The highest BCUT2D eigenvalue weighted by Crippen LogP contribution is 2.29. The Morgan fingerprint density at radius 3 is 2.95 bits per heavy atom. The van der Waals surface area contributed by atoms with E-state index in [4.69, 9.17) is 17.0 Å². The molecule has 1 aliphatic heterocycles. The maximum Gasteiger partial charge on any atom is 0.178 e. The van der Waals surface area contributed by atoms with Gasteiger partial charge in [-0.2, -0.15) is 0 Å². The van der Waals surface area contributed by atoms with E-state index in [0.717, 1.165) is 23.2 Å². The van der Waals surface area contributed by atoms with Crippen LogP contribution in [0.2, 0.25) is 0 Å². The molecule has 0 amide bonds. The van der Waals surface area contributed by atoms with Crippen molar-refractivity contribution >= 4 is 33.1 Å². The van der Waals surface area contributed by atoms with Crippen molar-refractivity contribution in [3.63, 3.8) is 0 Å². The van der Waals surface area contributed by atoms with Gasteiger partial charge in [0.1, 0.15) is 5.75 Å². The summed E-state index contributed by atoms with van der Waals surface area (Å²) in [4.78, 5) is 3.13. The molecule has 1 aromatic carbocycles. The Bertz CT molecular complexity index is 805. The highest BCUT2D eigenvalue weighted by molar-refractivity contribution is 7.91. The number of sulfone groups is 1. The molecule has 0 bridgehead atoms. The van der Waals surface area contributed by atoms with Crippen molar-refractivity contribution in [3.8, 4) is 5.75 Å². The molecular formula is C13H16N2O3S2. The fourth-order valence-corrected chi connectivity index (χ4v) is 4.83. The highest BCUT2D eigenvalue weighted by atomic mass is 32.2. The monoisotopic (exact) mass is 312 g/mol. The van der Waals surface area contributed by atoms with Crippen LogP contribution in [0.15, 0.2) is 18.2 Å². The van der Waals surface area contributed by atoms with E-state index in [1.54, 1.807) is 7.11 Å². The normalized spacial score (nSPS) is 21.9. The summed E-state index contributed by atoms with van der Waals surface area (Å²) in [7, 11) is -1.35. The first-order valence-corrected chi connectivity index (χ1v) is 8.72. The number of aromatic nitrogens is 2. The maximum absolute atomic E-state index is 11.8. The van der Waals surface area contributed by atoms with Gasteiger partial charge < -0.3 is 14.3 Å². The number of benzene rings is 1. The first-order chi connectivity index (χ1) is 9.50. The number of ether oxygens (including phenoxy) is 1. The third-order valence-electron chi connectivity index (χ3n) is 3.73. The highest BCUT2D eigenvalue weighted by Gasteiger charge is 2.27. The van der Waals surface area contributed by atoms with Crippen LogP contribution in [0.4, 0.5) is 0 Å². The van der Waals surface area contributed by atoms with Crippen molar-refractivity contribution in [3.05, 3.63) is 23.0 Å². The van der Waals surface area contributed by atoms with Crippen molar-refractivity contribution in [2.24, 2.45) is 0 Å². The quantitative estimate of drug-likeness (QED) is 0.865. The van der Waals surface area contributed by atoms with Gasteiger partial charge in [0.25, 0.3) is 0 Å². The standard InChI is InChI=1S/C13H16N2O3S2/c1-18-10-4-5-12-11(7-10)14-13(19)15(12)9-3-2-6-20(16,17)8-9/h4-5,7,9H,2-3,6,8H2,1H3,(H,14,19). The van der Waals surface area contributed by atoms with Gasteiger partial charge in [0.05, 0.1) is 35.7 Å². The second-order valence-corrected chi connectivity index (χ2v) is 7.71. The van der Waals surface area contributed by atoms with Crippen molar-refractivity contribution in [2.75, 3.05) is 18.6 Å². The third-order valence-corrected chi connectivity index (χ3v) is 5.83. The molecule has 108 valence electrons. The van der Waals surface area contributed by atoms with Gasteiger partial charge in [0.15, 0.2) is 14.6 Å². The number of imidazole rings is 1. The number of rotatable bonds is 2. The van der Waals surface area contributed by atoms with Crippen molar-refractivity contribution in [2.45, 2.75) is 18.9 Å². The molecule has 0 radical (unpaired) electrons. The Balaban J connectivity index is 2.11. The lowest BCUT2D eigenvalue weighted by Gasteiger charge is -2.23. The fourth-order valence-electron chi connectivity index (χ4n) is 2.80. The van der Waals surface area contributed by atoms with E-state index in [1.807, 2.05) is 22.8 Å². The lowest BCUT2D eigenvalue weighted by atomic mass is 10.2. The summed E-state index contributed by atoms with van der Waals surface area (Å²) < 4.78 is 31.3. The summed E-state index contributed by atoms with van der Waals surface area (Å²) in [5, 5.41) is 0. The summed E-state index contributed by atoms with van der Waals surface area (Å²) in [6.07, 6.45) is 1.53. The number of nitrogens with one attached hydrogen (secondary N) is 1. The molecule has 3 rings (SSSR count). The van der Waals surface area contributed by atoms with E-state index in [1.165, 1.54) is 0 Å². The van der Waals surface area contributed by atoms with Crippen LogP contribution in [0.5, 0.6) is 5.75 Å². The van der Waals surface area contributed by atoms with Gasteiger partial charge in [0, 0.05) is 6.07 Å². The van der Waals surface area contributed by atoms with Crippen LogP contribution in [-0.2, 0) is 9.84 Å². The largest absolute Gasteiger partial charge is 0.497 e. The number of H-pyrrole nitrogens is 1. The van der Waals surface area contributed by atoms with E-state index in [9.17, 15) is 8.42 Å². The number of aromatic amines is 1. The predicted molar refractivity (Wildman–Crippen MR) is 80.6 cm³/mol. The Labute approximate surface area is 122 Å². The molecule has 20 heavy (non-hydrogen) atoms. The van der Waals surface area contributed by atoms with Gasteiger partial charge in [-0.1, -0.05) is 0 Å². The molecule has 1 aromatic heterocycles.